The van der Waals surface area contributed by atoms with E-state index in [-0.39, 0.29) is 11.3 Å². The lowest BCUT2D eigenvalue weighted by molar-refractivity contribution is -0.384. The zero-order valence-electron chi connectivity index (χ0n) is 13.1. The fourth-order valence-corrected chi connectivity index (χ4v) is 2.10. The summed E-state index contributed by atoms with van der Waals surface area (Å²) in [5.41, 5.74) is 1.38. The van der Waals surface area contributed by atoms with Crippen LogP contribution in [0.2, 0.25) is 5.02 Å². The van der Waals surface area contributed by atoms with Crippen molar-refractivity contribution < 1.29 is 9.72 Å². The van der Waals surface area contributed by atoms with Crippen molar-refractivity contribution in [2.24, 2.45) is 0 Å². The van der Waals surface area contributed by atoms with E-state index in [0.29, 0.717) is 16.4 Å². The van der Waals surface area contributed by atoms with Gasteiger partial charge in [0, 0.05) is 34.7 Å². The number of nitrogens with one attached hydrogen (secondary N) is 2. The van der Waals surface area contributed by atoms with Crippen LogP contribution in [0.25, 0.3) is 0 Å². The van der Waals surface area contributed by atoms with Gasteiger partial charge in [0.05, 0.1) is 4.92 Å². The summed E-state index contributed by atoms with van der Waals surface area (Å²) < 4.78 is 0. The summed E-state index contributed by atoms with van der Waals surface area (Å²) >= 11 is 5.90. The van der Waals surface area contributed by atoms with E-state index in [1.807, 2.05) is 0 Å². The fraction of sp³-hybridized carbons (Fsp3) is 0.0588. The van der Waals surface area contributed by atoms with Gasteiger partial charge in [-0.05, 0) is 30.7 Å². The number of anilines is 2. The quantitative estimate of drug-likeness (QED) is 0.364. The van der Waals surface area contributed by atoms with Crippen molar-refractivity contribution in [1.29, 1.82) is 5.26 Å². The first-order chi connectivity index (χ1) is 11.9. The number of halogens is 1. The molecule has 0 saturated carbocycles. The monoisotopic (exact) mass is 356 g/mol. The zero-order valence-corrected chi connectivity index (χ0v) is 13.9. The molecule has 25 heavy (non-hydrogen) atoms. The summed E-state index contributed by atoms with van der Waals surface area (Å²) in [6, 6.07) is 12.5. The van der Waals surface area contributed by atoms with Crippen LogP contribution in [0.1, 0.15) is 5.56 Å². The molecule has 126 valence electrons. The first-order valence-corrected chi connectivity index (χ1v) is 7.47. The van der Waals surface area contributed by atoms with Gasteiger partial charge in [-0.3, -0.25) is 14.9 Å². The Kier molecular flexibility index (Phi) is 5.71. The molecule has 0 aliphatic rings. The highest BCUT2D eigenvalue weighted by atomic mass is 35.5. The number of rotatable bonds is 5. The molecule has 0 atom stereocenters. The molecule has 2 rings (SSSR count). The molecule has 0 unspecified atom stereocenters. The lowest BCUT2D eigenvalue weighted by atomic mass is 10.2. The van der Waals surface area contributed by atoms with E-state index < -0.39 is 10.8 Å². The van der Waals surface area contributed by atoms with Gasteiger partial charge in [-0.1, -0.05) is 23.7 Å². The number of nitro benzene ring substituents is 1. The van der Waals surface area contributed by atoms with Gasteiger partial charge in [-0.2, -0.15) is 5.26 Å². The molecule has 0 aliphatic carbocycles. The van der Waals surface area contributed by atoms with Gasteiger partial charge in [0.15, 0.2) is 0 Å². The van der Waals surface area contributed by atoms with E-state index in [2.05, 4.69) is 10.6 Å². The Morgan fingerprint density at radius 1 is 1.32 bits per heavy atom. The summed E-state index contributed by atoms with van der Waals surface area (Å²) in [4.78, 5) is 22.4. The second-order valence-corrected chi connectivity index (χ2v) is 5.47. The average Bonchev–Trinajstić information content (AvgIpc) is 2.59. The third kappa shape index (κ3) is 4.80. The number of non-ortho nitro benzene ring substituents is 1. The molecule has 0 radical (unpaired) electrons. The van der Waals surface area contributed by atoms with Gasteiger partial charge in [-0.15, -0.1) is 0 Å². The summed E-state index contributed by atoms with van der Waals surface area (Å²) in [6.45, 7) is 1.79. The first kappa shape index (κ1) is 18.0. The second kappa shape index (κ2) is 7.95. The summed E-state index contributed by atoms with van der Waals surface area (Å²) in [7, 11) is 0. The number of hydrogen-bond donors (Lipinski definition) is 2. The van der Waals surface area contributed by atoms with Gasteiger partial charge in [0.2, 0.25) is 0 Å². The zero-order chi connectivity index (χ0) is 18.4. The number of carbonyl (C=O) groups excluding carboxylic acids is 1. The number of nitro groups is 1. The Morgan fingerprint density at radius 3 is 2.76 bits per heavy atom. The lowest BCUT2D eigenvalue weighted by Crippen LogP contribution is -2.15. The molecule has 8 heteroatoms. The molecular formula is C17H13ClN4O3. The second-order valence-electron chi connectivity index (χ2n) is 5.03. The molecule has 0 saturated heterocycles. The van der Waals surface area contributed by atoms with Gasteiger partial charge in [0.1, 0.15) is 11.6 Å². The average molecular weight is 357 g/mol. The van der Waals surface area contributed by atoms with Crippen molar-refractivity contribution >= 4 is 34.6 Å². The Morgan fingerprint density at radius 2 is 2.08 bits per heavy atom. The van der Waals surface area contributed by atoms with Gasteiger partial charge >= 0.3 is 0 Å². The van der Waals surface area contributed by atoms with E-state index in [1.54, 1.807) is 37.3 Å². The summed E-state index contributed by atoms with van der Waals surface area (Å²) in [5.74, 6) is -0.620. The highest BCUT2D eigenvalue weighted by Crippen LogP contribution is 2.21. The molecule has 0 aliphatic heterocycles. The van der Waals surface area contributed by atoms with Crippen molar-refractivity contribution in [2.45, 2.75) is 6.92 Å². The van der Waals surface area contributed by atoms with Crippen LogP contribution in [0, 0.1) is 28.4 Å². The smallest absolute Gasteiger partial charge is 0.271 e. The van der Waals surface area contributed by atoms with Crippen molar-refractivity contribution in [1.82, 2.24) is 0 Å². The van der Waals surface area contributed by atoms with Crippen LogP contribution < -0.4 is 10.6 Å². The predicted molar refractivity (Wildman–Crippen MR) is 95.2 cm³/mol. The SMILES string of the molecule is Cc1ccc(Cl)cc1NC(=O)/C(C#N)=C\Nc1cccc([N+](=O)[O-])c1. The number of carbonyl (C=O) groups is 1. The number of aryl methyl sites for hydroxylation is 1. The molecular weight excluding hydrogens is 344 g/mol. The lowest BCUT2D eigenvalue weighted by Gasteiger charge is -2.08. The summed E-state index contributed by atoms with van der Waals surface area (Å²) in [6.07, 6.45) is 1.19. The van der Waals surface area contributed by atoms with Crippen LogP contribution >= 0.6 is 11.6 Å². The number of benzene rings is 2. The fourth-order valence-electron chi connectivity index (χ4n) is 1.93. The van der Waals surface area contributed by atoms with E-state index in [9.17, 15) is 14.9 Å². The van der Waals surface area contributed by atoms with Gasteiger partial charge in [0.25, 0.3) is 11.6 Å². The highest BCUT2D eigenvalue weighted by Gasteiger charge is 2.11. The van der Waals surface area contributed by atoms with Crippen LogP contribution in [-0.2, 0) is 4.79 Å². The van der Waals surface area contributed by atoms with E-state index >= 15 is 0 Å². The molecule has 0 heterocycles. The molecule has 7 nitrogen and oxygen atoms in total. The number of nitriles is 1. The minimum atomic E-state index is -0.620. The molecule has 2 N–H and O–H groups in total. The molecule has 2 aromatic carbocycles. The minimum Gasteiger partial charge on any atom is -0.360 e. The standard InChI is InChI=1S/C17H13ClN4O3/c1-11-5-6-13(18)7-16(11)21-17(23)12(9-19)10-20-14-3-2-4-15(8-14)22(24)25/h2-8,10,20H,1H3,(H,21,23)/b12-10-. The van der Waals surface area contributed by atoms with Crippen molar-refractivity contribution in [3.8, 4) is 6.07 Å². The molecule has 1 amide bonds. The van der Waals surface area contributed by atoms with Gasteiger partial charge in [-0.25, -0.2) is 0 Å². The summed E-state index contributed by atoms with van der Waals surface area (Å²) in [5, 5.41) is 25.7. The van der Waals surface area contributed by atoms with Crippen LogP contribution in [0.5, 0.6) is 0 Å². The maximum atomic E-state index is 12.2. The normalized spacial score (nSPS) is 10.7. The van der Waals surface area contributed by atoms with E-state index in [4.69, 9.17) is 16.9 Å². The molecule has 0 aromatic heterocycles. The number of amides is 1. The Balaban J connectivity index is 2.15. The minimum absolute atomic E-state index is 0.101. The number of nitrogens with zero attached hydrogens (tertiary/aromatic N) is 2. The van der Waals surface area contributed by atoms with E-state index in [1.165, 1.54) is 24.4 Å². The highest BCUT2D eigenvalue weighted by molar-refractivity contribution is 6.31. The first-order valence-electron chi connectivity index (χ1n) is 7.09. The van der Waals surface area contributed by atoms with Crippen molar-refractivity contribution in [3.63, 3.8) is 0 Å². The van der Waals surface area contributed by atoms with Gasteiger partial charge < -0.3 is 10.6 Å². The molecule has 2 aromatic rings. The Labute approximate surface area is 148 Å². The van der Waals surface area contributed by atoms with E-state index in [0.717, 1.165) is 5.56 Å². The van der Waals surface area contributed by atoms with Crippen molar-refractivity contribution in [2.75, 3.05) is 10.6 Å². The Bertz CT molecular complexity index is 903. The maximum absolute atomic E-state index is 12.2. The maximum Gasteiger partial charge on any atom is 0.271 e. The third-order valence-electron chi connectivity index (χ3n) is 3.25. The third-order valence-corrected chi connectivity index (χ3v) is 3.49. The molecule has 0 spiro atoms. The molecule has 0 fully saturated rings. The number of hydrogen-bond acceptors (Lipinski definition) is 5. The topological polar surface area (TPSA) is 108 Å². The van der Waals surface area contributed by atoms with Crippen LogP contribution in [-0.4, -0.2) is 10.8 Å². The largest absolute Gasteiger partial charge is 0.360 e. The Hall–Kier alpha value is -3.37. The predicted octanol–water partition coefficient (Wildman–Crippen LogP) is 4.01. The van der Waals surface area contributed by atoms with Crippen LogP contribution in [0.4, 0.5) is 17.1 Å². The van der Waals surface area contributed by atoms with Crippen molar-refractivity contribution in [3.05, 3.63) is 74.9 Å². The van der Waals surface area contributed by atoms with Crippen LogP contribution in [0.15, 0.2) is 54.2 Å². The molecule has 0 bridgehead atoms. The van der Waals surface area contributed by atoms with Crippen LogP contribution in [0.3, 0.4) is 0 Å².